The molecule has 2 aliphatic heterocycles. The Labute approximate surface area is 216 Å². The van der Waals surface area contributed by atoms with Crippen molar-refractivity contribution in [3.8, 4) is 0 Å². The SMILES string of the molecule is CCO[C@H]1OC(=O)CC1NC(=O)[C@@H]1C2CCC(C2)N1C(=O)C(NC(=O)c1ccccc1Cl)C(C)(C)C. The third kappa shape index (κ3) is 5.22. The lowest BCUT2D eigenvalue weighted by Gasteiger charge is -2.40. The van der Waals surface area contributed by atoms with Gasteiger partial charge >= 0.3 is 5.97 Å². The summed E-state index contributed by atoms with van der Waals surface area (Å²) >= 11 is 6.21. The number of carbonyl (C=O) groups excluding carboxylic acids is 4. The van der Waals surface area contributed by atoms with Gasteiger partial charge in [0, 0.05) is 12.6 Å². The molecule has 2 heterocycles. The standard InChI is InChI=1S/C26H34ClN3O6/c1-5-35-25-18(13-19(31)36-25)28-23(33)20-14-10-11-15(12-14)30(20)24(34)21(26(2,3)4)29-22(32)16-8-6-7-9-17(16)27/h6-9,14-15,18,20-21,25H,5,10-13H2,1-4H3,(H,28,33)(H,29,32)/t14?,15?,18?,20-,21?,25-/m0/s1. The Morgan fingerprint density at radius 3 is 2.61 bits per heavy atom. The van der Waals surface area contributed by atoms with Crippen molar-refractivity contribution < 1.29 is 28.7 Å². The number of halogens is 1. The maximum absolute atomic E-state index is 14.0. The van der Waals surface area contributed by atoms with Crippen LogP contribution in [0.3, 0.4) is 0 Å². The number of benzene rings is 1. The zero-order chi connectivity index (χ0) is 26.2. The second-order valence-corrected chi connectivity index (χ2v) is 11.2. The predicted octanol–water partition coefficient (Wildman–Crippen LogP) is 2.66. The van der Waals surface area contributed by atoms with Gasteiger partial charge in [-0.2, -0.15) is 0 Å². The van der Waals surface area contributed by atoms with E-state index >= 15 is 0 Å². The Morgan fingerprint density at radius 2 is 1.94 bits per heavy atom. The first-order valence-electron chi connectivity index (χ1n) is 12.5. The summed E-state index contributed by atoms with van der Waals surface area (Å²) in [6.07, 6.45) is 1.56. The van der Waals surface area contributed by atoms with E-state index in [1.54, 1.807) is 36.1 Å². The number of hydrogen-bond acceptors (Lipinski definition) is 6. The minimum absolute atomic E-state index is 0.0161. The van der Waals surface area contributed by atoms with Gasteiger partial charge in [-0.1, -0.05) is 44.5 Å². The van der Waals surface area contributed by atoms with Gasteiger partial charge in [-0.3, -0.25) is 19.2 Å². The summed E-state index contributed by atoms with van der Waals surface area (Å²) in [5.41, 5.74) is -0.339. The van der Waals surface area contributed by atoms with Gasteiger partial charge in [0.2, 0.25) is 18.1 Å². The molecule has 0 aromatic heterocycles. The number of carbonyl (C=O) groups is 4. The van der Waals surface area contributed by atoms with Crippen molar-refractivity contribution in [2.24, 2.45) is 11.3 Å². The van der Waals surface area contributed by atoms with Crippen LogP contribution in [0, 0.1) is 11.3 Å². The second-order valence-electron chi connectivity index (χ2n) is 10.8. The summed E-state index contributed by atoms with van der Waals surface area (Å²) in [5, 5.41) is 6.08. The maximum Gasteiger partial charge on any atom is 0.310 e. The highest BCUT2D eigenvalue weighted by molar-refractivity contribution is 6.33. The van der Waals surface area contributed by atoms with E-state index < -0.39 is 41.7 Å². The number of rotatable bonds is 7. The highest BCUT2D eigenvalue weighted by atomic mass is 35.5. The Morgan fingerprint density at radius 1 is 1.22 bits per heavy atom. The zero-order valence-corrected chi connectivity index (χ0v) is 21.8. The summed E-state index contributed by atoms with van der Waals surface area (Å²) < 4.78 is 10.6. The molecule has 36 heavy (non-hydrogen) atoms. The molecule has 9 nitrogen and oxygen atoms in total. The number of cyclic esters (lactones) is 1. The van der Waals surface area contributed by atoms with E-state index in [-0.39, 0.29) is 35.8 Å². The van der Waals surface area contributed by atoms with Crippen LogP contribution in [-0.2, 0) is 23.9 Å². The van der Waals surface area contributed by atoms with Crippen LogP contribution in [0.2, 0.25) is 5.02 Å². The number of ether oxygens (including phenoxy) is 2. The van der Waals surface area contributed by atoms with Gasteiger partial charge in [-0.15, -0.1) is 0 Å². The number of likely N-dealkylation sites (tertiary alicyclic amines) is 1. The highest BCUT2D eigenvalue weighted by Crippen LogP contribution is 2.44. The van der Waals surface area contributed by atoms with E-state index in [0.717, 1.165) is 19.3 Å². The van der Waals surface area contributed by atoms with E-state index in [4.69, 9.17) is 21.1 Å². The second kappa shape index (κ2) is 10.4. The minimum Gasteiger partial charge on any atom is -0.433 e. The van der Waals surface area contributed by atoms with Gasteiger partial charge in [-0.05, 0) is 49.7 Å². The summed E-state index contributed by atoms with van der Waals surface area (Å²) in [7, 11) is 0. The summed E-state index contributed by atoms with van der Waals surface area (Å²) in [5.74, 6) is -1.48. The third-order valence-electron chi connectivity index (χ3n) is 7.24. The van der Waals surface area contributed by atoms with Crippen LogP contribution in [0.5, 0.6) is 0 Å². The number of nitrogens with one attached hydrogen (secondary N) is 2. The molecule has 2 bridgehead atoms. The molecule has 1 aromatic rings. The topological polar surface area (TPSA) is 114 Å². The number of esters is 1. The van der Waals surface area contributed by atoms with Crippen molar-refractivity contribution in [2.45, 2.75) is 83.8 Å². The van der Waals surface area contributed by atoms with Crippen molar-refractivity contribution in [3.05, 3.63) is 34.9 Å². The molecular weight excluding hydrogens is 486 g/mol. The fraction of sp³-hybridized carbons (Fsp3) is 0.615. The van der Waals surface area contributed by atoms with Gasteiger partial charge in [0.15, 0.2) is 0 Å². The van der Waals surface area contributed by atoms with Crippen molar-refractivity contribution in [3.63, 3.8) is 0 Å². The summed E-state index contributed by atoms with van der Waals surface area (Å²) in [4.78, 5) is 54.0. The van der Waals surface area contributed by atoms with E-state index in [9.17, 15) is 19.2 Å². The molecule has 6 atom stereocenters. The molecule has 4 rings (SSSR count). The molecule has 10 heteroatoms. The van der Waals surface area contributed by atoms with Crippen molar-refractivity contribution in [2.75, 3.05) is 6.61 Å². The lowest BCUT2D eigenvalue weighted by molar-refractivity contribution is -0.165. The first-order valence-corrected chi connectivity index (χ1v) is 12.9. The van der Waals surface area contributed by atoms with E-state index in [0.29, 0.717) is 11.6 Å². The molecule has 1 aliphatic carbocycles. The number of fused-ring (bicyclic) bond motifs is 2. The molecular formula is C26H34ClN3O6. The first-order chi connectivity index (χ1) is 17.0. The molecule has 0 spiro atoms. The van der Waals surface area contributed by atoms with Crippen LogP contribution in [0.4, 0.5) is 0 Å². The highest BCUT2D eigenvalue weighted by Gasteiger charge is 2.54. The molecule has 4 unspecified atom stereocenters. The van der Waals surface area contributed by atoms with Gasteiger partial charge in [0.25, 0.3) is 5.91 Å². The van der Waals surface area contributed by atoms with E-state index in [1.807, 2.05) is 20.8 Å². The van der Waals surface area contributed by atoms with E-state index in [2.05, 4.69) is 10.6 Å². The molecule has 1 aromatic carbocycles. The first kappa shape index (κ1) is 26.4. The minimum atomic E-state index is -0.872. The summed E-state index contributed by atoms with van der Waals surface area (Å²) in [6.45, 7) is 7.74. The molecule has 196 valence electrons. The van der Waals surface area contributed by atoms with Crippen molar-refractivity contribution in [1.29, 1.82) is 0 Å². The normalized spacial score (nSPS) is 28.1. The Balaban J connectivity index is 1.55. The predicted molar refractivity (Wildman–Crippen MR) is 132 cm³/mol. The number of amides is 3. The monoisotopic (exact) mass is 519 g/mol. The lowest BCUT2D eigenvalue weighted by Crippen LogP contribution is -2.62. The maximum atomic E-state index is 14.0. The smallest absolute Gasteiger partial charge is 0.310 e. The Kier molecular flexibility index (Phi) is 7.61. The lowest BCUT2D eigenvalue weighted by atomic mass is 9.84. The molecule has 1 saturated carbocycles. The molecule has 3 aliphatic rings. The average Bonchev–Trinajstić information content (AvgIpc) is 3.51. The van der Waals surface area contributed by atoms with E-state index in [1.165, 1.54) is 0 Å². The van der Waals surface area contributed by atoms with Crippen LogP contribution in [0.15, 0.2) is 24.3 Å². The van der Waals surface area contributed by atoms with Gasteiger partial charge in [0.1, 0.15) is 18.1 Å². The summed E-state index contributed by atoms with van der Waals surface area (Å²) in [6, 6.07) is 4.42. The van der Waals surface area contributed by atoms with Crippen molar-refractivity contribution in [1.82, 2.24) is 15.5 Å². The average molecular weight is 520 g/mol. The Hall–Kier alpha value is -2.65. The van der Waals surface area contributed by atoms with Crippen LogP contribution in [0.1, 0.15) is 63.7 Å². The Bertz CT molecular complexity index is 1040. The van der Waals surface area contributed by atoms with Crippen LogP contribution < -0.4 is 10.6 Å². The third-order valence-corrected chi connectivity index (χ3v) is 7.57. The molecule has 2 saturated heterocycles. The number of hydrogen-bond donors (Lipinski definition) is 2. The van der Waals surface area contributed by atoms with Crippen LogP contribution in [0.25, 0.3) is 0 Å². The van der Waals surface area contributed by atoms with Gasteiger partial charge in [0.05, 0.1) is 17.0 Å². The fourth-order valence-electron chi connectivity index (χ4n) is 5.53. The molecule has 3 fully saturated rings. The number of nitrogens with zero attached hydrogens (tertiary/aromatic N) is 1. The van der Waals surface area contributed by atoms with Crippen molar-refractivity contribution >= 4 is 35.3 Å². The van der Waals surface area contributed by atoms with Gasteiger partial charge in [-0.25, -0.2) is 0 Å². The van der Waals surface area contributed by atoms with Crippen LogP contribution in [-0.4, -0.2) is 65.7 Å². The largest absolute Gasteiger partial charge is 0.433 e. The zero-order valence-electron chi connectivity index (χ0n) is 21.1. The van der Waals surface area contributed by atoms with Crippen LogP contribution >= 0.6 is 11.6 Å². The van der Waals surface area contributed by atoms with Gasteiger partial charge < -0.3 is 25.0 Å². The molecule has 3 amide bonds. The fourth-order valence-corrected chi connectivity index (χ4v) is 5.75. The number of piperidine rings is 1. The quantitative estimate of drug-likeness (QED) is 0.535. The molecule has 0 radical (unpaired) electrons. The molecule has 2 N–H and O–H groups in total.